The Balaban J connectivity index is 2.24. The predicted octanol–water partition coefficient (Wildman–Crippen LogP) is 1.84. The summed E-state index contributed by atoms with van der Waals surface area (Å²) in [6.07, 6.45) is 5.13. The van der Waals surface area contributed by atoms with E-state index >= 15 is 0 Å². The van der Waals surface area contributed by atoms with Crippen LogP contribution >= 0.6 is 0 Å². The molecule has 3 heteroatoms. The van der Waals surface area contributed by atoms with E-state index in [-0.39, 0.29) is 18.1 Å². The van der Waals surface area contributed by atoms with Gasteiger partial charge in [0.25, 0.3) is 0 Å². The summed E-state index contributed by atoms with van der Waals surface area (Å²) < 4.78 is 0. The minimum Gasteiger partial charge on any atom is -0.391 e. The summed E-state index contributed by atoms with van der Waals surface area (Å²) >= 11 is 0. The molecule has 0 bridgehead atoms. The van der Waals surface area contributed by atoms with Gasteiger partial charge in [0.2, 0.25) is 5.91 Å². The Morgan fingerprint density at radius 2 is 2.07 bits per heavy atom. The first kappa shape index (κ1) is 12.5. The van der Waals surface area contributed by atoms with E-state index in [1.54, 1.807) is 0 Å². The van der Waals surface area contributed by atoms with Crippen molar-refractivity contribution in [3.8, 4) is 0 Å². The Bertz CT molecular complexity index is 204. The molecule has 0 heterocycles. The Morgan fingerprint density at radius 1 is 1.40 bits per heavy atom. The quantitative estimate of drug-likeness (QED) is 0.748. The first-order valence-corrected chi connectivity index (χ1v) is 6.07. The molecule has 0 saturated heterocycles. The molecule has 1 aliphatic carbocycles. The first-order chi connectivity index (χ1) is 7.09. The van der Waals surface area contributed by atoms with Crippen molar-refractivity contribution < 1.29 is 9.90 Å². The molecule has 2 N–H and O–H groups in total. The summed E-state index contributed by atoms with van der Waals surface area (Å²) in [6, 6.07) is -0.00147. The van der Waals surface area contributed by atoms with E-state index in [0.29, 0.717) is 12.3 Å². The predicted molar refractivity (Wildman–Crippen MR) is 60.5 cm³/mol. The van der Waals surface area contributed by atoms with Crippen LogP contribution in [0.25, 0.3) is 0 Å². The van der Waals surface area contributed by atoms with E-state index in [1.165, 1.54) is 0 Å². The number of rotatable bonds is 4. The second-order valence-electron chi connectivity index (χ2n) is 4.96. The number of nitrogens with one attached hydrogen (secondary N) is 1. The second-order valence-corrected chi connectivity index (χ2v) is 4.96. The molecule has 1 fully saturated rings. The normalized spacial score (nSPS) is 26.7. The maximum Gasteiger partial charge on any atom is 0.220 e. The van der Waals surface area contributed by atoms with Crippen LogP contribution in [-0.4, -0.2) is 23.2 Å². The monoisotopic (exact) mass is 213 g/mol. The molecular formula is C12H23NO2. The number of aliphatic hydroxyl groups excluding tert-OH is 1. The fourth-order valence-corrected chi connectivity index (χ4v) is 1.98. The van der Waals surface area contributed by atoms with Crippen LogP contribution < -0.4 is 5.32 Å². The van der Waals surface area contributed by atoms with Crippen molar-refractivity contribution in [3.63, 3.8) is 0 Å². The van der Waals surface area contributed by atoms with Gasteiger partial charge >= 0.3 is 0 Å². The molecule has 1 saturated carbocycles. The molecule has 0 aromatic carbocycles. The Morgan fingerprint density at radius 3 is 2.67 bits per heavy atom. The van der Waals surface area contributed by atoms with E-state index < -0.39 is 0 Å². The van der Waals surface area contributed by atoms with Crippen molar-refractivity contribution in [2.45, 2.75) is 64.5 Å². The summed E-state index contributed by atoms with van der Waals surface area (Å²) in [5.74, 6) is 0.654. The van der Waals surface area contributed by atoms with E-state index in [1.807, 2.05) is 0 Å². The lowest BCUT2D eigenvalue weighted by atomic mass is 9.92. The topological polar surface area (TPSA) is 49.3 Å². The average molecular weight is 213 g/mol. The van der Waals surface area contributed by atoms with Crippen LogP contribution in [0.5, 0.6) is 0 Å². The highest BCUT2D eigenvalue weighted by molar-refractivity contribution is 5.76. The Kier molecular flexibility index (Phi) is 5.09. The van der Waals surface area contributed by atoms with Gasteiger partial charge in [0, 0.05) is 6.42 Å². The molecule has 1 aliphatic rings. The van der Waals surface area contributed by atoms with Gasteiger partial charge in [0.15, 0.2) is 0 Å². The average Bonchev–Trinajstić information content (AvgIpc) is 2.18. The zero-order chi connectivity index (χ0) is 11.3. The molecular weight excluding hydrogens is 190 g/mol. The fraction of sp³-hybridized carbons (Fsp3) is 0.917. The molecule has 0 aliphatic heterocycles. The van der Waals surface area contributed by atoms with Crippen LogP contribution in [0.3, 0.4) is 0 Å². The standard InChI is InChI=1S/C12H23NO2/c1-9(2)7-8-12(15)13-10-5-3-4-6-11(10)14/h9-11,14H,3-8H2,1-2H3,(H,13,15)/t10-,11-/m0/s1. The minimum absolute atomic E-state index is 0.00147. The smallest absolute Gasteiger partial charge is 0.220 e. The van der Waals surface area contributed by atoms with E-state index in [2.05, 4.69) is 19.2 Å². The van der Waals surface area contributed by atoms with Crippen LogP contribution in [0, 0.1) is 5.92 Å². The lowest BCUT2D eigenvalue weighted by molar-refractivity contribution is -0.123. The molecule has 15 heavy (non-hydrogen) atoms. The van der Waals surface area contributed by atoms with Gasteiger partial charge in [-0.1, -0.05) is 26.7 Å². The fourth-order valence-electron chi connectivity index (χ4n) is 1.98. The largest absolute Gasteiger partial charge is 0.391 e. The van der Waals surface area contributed by atoms with Gasteiger partial charge in [0.05, 0.1) is 12.1 Å². The molecule has 0 unspecified atom stereocenters. The van der Waals surface area contributed by atoms with Crippen LogP contribution in [-0.2, 0) is 4.79 Å². The maximum atomic E-state index is 11.5. The summed E-state index contributed by atoms with van der Waals surface area (Å²) in [6.45, 7) is 4.23. The lowest BCUT2D eigenvalue weighted by Crippen LogP contribution is -2.45. The molecule has 0 aromatic rings. The summed E-state index contributed by atoms with van der Waals surface area (Å²) in [7, 11) is 0. The maximum absolute atomic E-state index is 11.5. The zero-order valence-electron chi connectivity index (χ0n) is 9.83. The van der Waals surface area contributed by atoms with Gasteiger partial charge < -0.3 is 10.4 Å². The van der Waals surface area contributed by atoms with Crippen molar-refractivity contribution in [2.75, 3.05) is 0 Å². The number of carbonyl (C=O) groups excluding carboxylic acids is 1. The zero-order valence-corrected chi connectivity index (χ0v) is 9.83. The molecule has 1 rings (SSSR count). The Labute approximate surface area is 92.3 Å². The van der Waals surface area contributed by atoms with Crippen LogP contribution in [0.1, 0.15) is 52.4 Å². The van der Waals surface area contributed by atoms with Crippen LogP contribution in [0.2, 0.25) is 0 Å². The van der Waals surface area contributed by atoms with Crippen LogP contribution in [0.15, 0.2) is 0 Å². The molecule has 88 valence electrons. The van der Waals surface area contributed by atoms with Gasteiger partial charge in [-0.3, -0.25) is 4.79 Å². The van der Waals surface area contributed by atoms with Gasteiger partial charge in [-0.2, -0.15) is 0 Å². The highest BCUT2D eigenvalue weighted by atomic mass is 16.3. The molecule has 0 aromatic heterocycles. The number of hydrogen-bond donors (Lipinski definition) is 2. The van der Waals surface area contributed by atoms with Gasteiger partial charge in [-0.15, -0.1) is 0 Å². The number of carbonyl (C=O) groups is 1. The number of aliphatic hydroxyl groups is 1. The van der Waals surface area contributed by atoms with Gasteiger partial charge in [-0.05, 0) is 25.2 Å². The summed E-state index contributed by atoms with van der Waals surface area (Å²) in [5, 5.41) is 12.6. The third kappa shape index (κ3) is 4.65. The van der Waals surface area contributed by atoms with E-state index in [9.17, 15) is 9.90 Å². The van der Waals surface area contributed by atoms with Crippen molar-refractivity contribution in [1.29, 1.82) is 0 Å². The third-order valence-corrected chi connectivity index (χ3v) is 3.02. The SMILES string of the molecule is CC(C)CCC(=O)N[C@H]1CCCC[C@@H]1O. The highest BCUT2D eigenvalue weighted by Gasteiger charge is 2.24. The number of amides is 1. The van der Waals surface area contributed by atoms with E-state index in [0.717, 1.165) is 32.1 Å². The summed E-state index contributed by atoms with van der Waals surface area (Å²) in [4.78, 5) is 11.5. The van der Waals surface area contributed by atoms with Gasteiger partial charge in [-0.25, -0.2) is 0 Å². The van der Waals surface area contributed by atoms with Crippen molar-refractivity contribution >= 4 is 5.91 Å². The second kappa shape index (κ2) is 6.11. The molecule has 3 nitrogen and oxygen atoms in total. The van der Waals surface area contributed by atoms with Gasteiger partial charge in [0.1, 0.15) is 0 Å². The van der Waals surface area contributed by atoms with Crippen LogP contribution in [0.4, 0.5) is 0 Å². The minimum atomic E-state index is -0.332. The van der Waals surface area contributed by atoms with Crippen molar-refractivity contribution in [2.24, 2.45) is 5.92 Å². The highest BCUT2D eigenvalue weighted by Crippen LogP contribution is 2.18. The first-order valence-electron chi connectivity index (χ1n) is 6.07. The van der Waals surface area contributed by atoms with Crippen molar-refractivity contribution in [1.82, 2.24) is 5.32 Å². The molecule has 0 spiro atoms. The Hall–Kier alpha value is -0.570. The lowest BCUT2D eigenvalue weighted by Gasteiger charge is -2.28. The molecule has 0 radical (unpaired) electrons. The molecule has 2 atom stereocenters. The van der Waals surface area contributed by atoms with E-state index in [4.69, 9.17) is 0 Å². The third-order valence-electron chi connectivity index (χ3n) is 3.02. The molecule has 1 amide bonds. The number of hydrogen-bond acceptors (Lipinski definition) is 2. The van der Waals surface area contributed by atoms with Crippen molar-refractivity contribution in [3.05, 3.63) is 0 Å². The summed E-state index contributed by atoms with van der Waals surface area (Å²) in [5.41, 5.74) is 0.